The van der Waals surface area contributed by atoms with Crippen molar-refractivity contribution in [1.82, 2.24) is 5.32 Å². The Morgan fingerprint density at radius 2 is 1.94 bits per heavy atom. The lowest BCUT2D eigenvalue weighted by Crippen LogP contribution is -2.37. The lowest BCUT2D eigenvalue weighted by Gasteiger charge is -2.16. The molecule has 0 fully saturated rings. The van der Waals surface area contributed by atoms with E-state index in [1.165, 1.54) is 0 Å². The molecule has 0 spiro atoms. The van der Waals surface area contributed by atoms with Crippen LogP contribution < -0.4 is 11.1 Å². The lowest BCUT2D eigenvalue weighted by molar-refractivity contribution is -0.139. The molecular formula is C13H20N2O3. The normalized spacial score (nSPS) is 14.1. The monoisotopic (exact) mass is 252 g/mol. The molecule has 18 heavy (non-hydrogen) atoms. The molecule has 0 bridgehead atoms. The van der Waals surface area contributed by atoms with Crippen molar-refractivity contribution in [3.8, 4) is 0 Å². The zero-order chi connectivity index (χ0) is 13.4. The third-order valence-corrected chi connectivity index (χ3v) is 2.75. The van der Waals surface area contributed by atoms with E-state index in [4.69, 9.17) is 10.8 Å². The van der Waals surface area contributed by atoms with Crippen molar-refractivity contribution in [2.75, 3.05) is 6.54 Å². The quantitative estimate of drug-likeness (QED) is 0.535. The number of carboxylic acid groups (broad SMARTS) is 1. The predicted molar refractivity (Wildman–Crippen MR) is 69.0 cm³/mol. The number of aliphatic hydroxyl groups excluding tert-OH is 1. The van der Waals surface area contributed by atoms with Gasteiger partial charge in [0.1, 0.15) is 6.04 Å². The molecule has 0 saturated heterocycles. The number of aliphatic hydroxyl groups is 1. The Bertz CT molecular complexity index is 357. The number of carboxylic acids is 1. The van der Waals surface area contributed by atoms with Gasteiger partial charge in [0.2, 0.25) is 0 Å². The van der Waals surface area contributed by atoms with Crippen LogP contribution >= 0.6 is 0 Å². The van der Waals surface area contributed by atoms with Crippen molar-refractivity contribution in [2.45, 2.75) is 31.5 Å². The summed E-state index contributed by atoms with van der Waals surface area (Å²) in [5.74, 6) is -0.907. The summed E-state index contributed by atoms with van der Waals surface area (Å²) in [6.07, 6.45) is 0.112. The molecule has 2 atom stereocenters. The first-order valence-corrected chi connectivity index (χ1v) is 6.01. The van der Waals surface area contributed by atoms with Gasteiger partial charge in [-0.05, 0) is 18.4 Å². The van der Waals surface area contributed by atoms with Crippen LogP contribution in [0.5, 0.6) is 0 Å². The van der Waals surface area contributed by atoms with Gasteiger partial charge < -0.3 is 21.3 Å². The van der Waals surface area contributed by atoms with E-state index >= 15 is 0 Å². The highest BCUT2D eigenvalue weighted by molar-refractivity contribution is 5.73. The van der Waals surface area contributed by atoms with E-state index < -0.39 is 18.1 Å². The predicted octanol–water partition coefficient (Wildman–Crippen LogP) is 0.329. The second-order valence-corrected chi connectivity index (χ2v) is 4.22. The third-order valence-electron chi connectivity index (χ3n) is 2.75. The zero-order valence-electron chi connectivity index (χ0n) is 10.2. The second kappa shape index (κ2) is 7.81. The summed E-state index contributed by atoms with van der Waals surface area (Å²) in [4.78, 5) is 11.0. The minimum Gasteiger partial charge on any atom is -0.480 e. The molecule has 5 heteroatoms. The minimum absolute atomic E-state index is 0.158. The summed E-state index contributed by atoms with van der Waals surface area (Å²) in [7, 11) is 0. The SMILES string of the molecule is NC[C@H](O)CC[C@H](NCc1ccccc1)C(=O)O. The van der Waals surface area contributed by atoms with Crippen molar-refractivity contribution in [2.24, 2.45) is 5.73 Å². The van der Waals surface area contributed by atoms with Crippen LogP contribution in [0.4, 0.5) is 0 Å². The average molecular weight is 252 g/mol. The molecule has 0 saturated carbocycles. The lowest BCUT2D eigenvalue weighted by atomic mass is 10.1. The van der Waals surface area contributed by atoms with Gasteiger partial charge >= 0.3 is 5.97 Å². The molecule has 100 valence electrons. The third kappa shape index (κ3) is 5.27. The molecule has 0 radical (unpaired) electrons. The average Bonchev–Trinajstić information content (AvgIpc) is 2.39. The molecule has 5 nitrogen and oxygen atoms in total. The van der Waals surface area contributed by atoms with Crippen molar-refractivity contribution < 1.29 is 15.0 Å². The zero-order valence-corrected chi connectivity index (χ0v) is 10.2. The number of nitrogens with one attached hydrogen (secondary N) is 1. The second-order valence-electron chi connectivity index (χ2n) is 4.22. The Morgan fingerprint density at radius 3 is 2.50 bits per heavy atom. The van der Waals surface area contributed by atoms with Crippen LogP contribution in [-0.4, -0.2) is 34.9 Å². The van der Waals surface area contributed by atoms with E-state index in [0.717, 1.165) is 5.56 Å². The van der Waals surface area contributed by atoms with Gasteiger partial charge in [-0.15, -0.1) is 0 Å². The van der Waals surface area contributed by atoms with Crippen LogP contribution in [-0.2, 0) is 11.3 Å². The largest absolute Gasteiger partial charge is 0.480 e. The first-order valence-electron chi connectivity index (χ1n) is 6.01. The topological polar surface area (TPSA) is 95.6 Å². The summed E-state index contributed by atoms with van der Waals surface area (Å²) in [6, 6.07) is 8.93. The smallest absolute Gasteiger partial charge is 0.320 e. The number of hydrogen-bond acceptors (Lipinski definition) is 4. The highest BCUT2D eigenvalue weighted by atomic mass is 16.4. The van der Waals surface area contributed by atoms with Crippen LogP contribution in [0.1, 0.15) is 18.4 Å². The molecule has 1 aromatic rings. The molecule has 1 aromatic carbocycles. The van der Waals surface area contributed by atoms with E-state index in [2.05, 4.69) is 5.32 Å². The van der Waals surface area contributed by atoms with Crippen LogP contribution in [0.2, 0.25) is 0 Å². The maximum Gasteiger partial charge on any atom is 0.320 e. The summed E-state index contributed by atoms with van der Waals surface area (Å²) in [5.41, 5.74) is 6.31. The molecule has 0 aromatic heterocycles. The number of carbonyl (C=O) groups is 1. The highest BCUT2D eigenvalue weighted by Crippen LogP contribution is 2.04. The van der Waals surface area contributed by atoms with Crippen LogP contribution in [0, 0.1) is 0 Å². The molecule has 0 amide bonds. The maximum atomic E-state index is 11.0. The van der Waals surface area contributed by atoms with Crippen LogP contribution in [0.25, 0.3) is 0 Å². The Morgan fingerprint density at radius 1 is 1.28 bits per heavy atom. The van der Waals surface area contributed by atoms with Crippen molar-refractivity contribution in [3.05, 3.63) is 35.9 Å². The first-order chi connectivity index (χ1) is 8.63. The van der Waals surface area contributed by atoms with Gasteiger partial charge in [0.05, 0.1) is 6.10 Å². The number of rotatable bonds is 8. The Hall–Kier alpha value is -1.43. The van der Waals surface area contributed by atoms with E-state index in [-0.39, 0.29) is 6.54 Å². The number of hydrogen-bond donors (Lipinski definition) is 4. The van der Waals surface area contributed by atoms with Gasteiger partial charge in [0, 0.05) is 13.1 Å². The molecule has 0 aliphatic rings. The summed E-state index contributed by atoms with van der Waals surface area (Å²) >= 11 is 0. The van der Waals surface area contributed by atoms with Crippen LogP contribution in [0.15, 0.2) is 30.3 Å². The fourth-order valence-corrected chi connectivity index (χ4v) is 1.63. The van der Waals surface area contributed by atoms with Crippen LogP contribution in [0.3, 0.4) is 0 Å². The maximum absolute atomic E-state index is 11.0. The van der Waals surface area contributed by atoms with E-state index in [9.17, 15) is 9.90 Å². The fraction of sp³-hybridized carbons (Fsp3) is 0.462. The van der Waals surface area contributed by atoms with Gasteiger partial charge in [-0.1, -0.05) is 30.3 Å². The number of benzene rings is 1. The van der Waals surface area contributed by atoms with Gasteiger partial charge in [0.25, 0.3) is 0 Å². The van der Waals surface area contributed by atoms with Gasteiger partial charge in [-0.25, -0.2) is 0 Å². The van der Waals surface area contributed by atoms with Gasteiger partial charge in [0.15, 0.2) is 0 Å². The number of aliphatic carboxylic acids is 1. The molecule has 1 rings (SSSR count). The first kappa shape index (κ1) is 14.6. The Labute approximate surface area is 107 Å². The molecule has 5 N–H and O–H groups in total. The molecule has 0 unspecified atom stereocenters. The van der Waals surface area contributed by atoms with Crippen molar-refractivity contribution >= 4 is 5.97 Å². The molecule has 0 heterocycles. The Balaban J connectivity index is 2.41. The number of nitrogens with two attached hydrogens (primary N) is 1. The van der Waals surface area contributed by atoms with Crippen molar-refractivity contribution in [1.29, 1.82) is 0 Å². The standard InChI is InChI=1S/C13H20N2O3/c14-8-11(16)6-7-12(13(17)18)15-9-10-4-2-1-3-5-10/h1-5,11-12,15-16H,6-9,14H2,(H,17,18)/t11-,12+/m1/s1. The molecular weight excluding hydrogens is 232 g/mol. The van der Waals surface area contributed by atoms with Gasteiger partial charge in [-0.2, -0.15) is 0 Å². The highest BCUT2D eigenvalue weighted by Gasteiger charge is 2.17. The van der Waals surface area contributed by atoms with E-state index in [0.29, 0.717) is 19.4 Å². The molecule has 0 aliphatic carbocycles. The van der Waals surface area contributed by atoms with E-state index in [1.807, 2.05) is 30.3 Å². The fourth-order valence-electron chi connectivity index (χ4n) is 1.63. The summed E-state index contributed by atoms with van der Waals surface area (Å²) in [5, 5.41) is 21.4. The van der Waals surface area contributed by atoms with Crippen molar-refractivity contribution in [3.63, 3.8) is 0 Å². The minimum atomic E-state index is -0.907. The Kier molecular flexibility index (Phi) is 6.35. The summed E-state index contributed by atoms with van der Waals surface area (Å²) in [6.45, 7) is 0.654. The summed E-state index contributed by atoms with van der Waals surface area (Å²) < 4.78 is 0. The van der Waals surface area contributed by atoms with Gasteiger partial charge in [-0.3, -0.25) is 4.79 Å². The van der Waals surface area contributed by atoms with E-state index in [1.54, 1.807) is 0 Å². The molecule has 0 aliphatic heterocycles.